The molecule has 0 N–H and O–H groups in total. The van der Waals surface area contributed by atoms with Crippen molar-refractivity contribution in [3.8, 4) is 0 Å². The summed E-state index contributed by atoms with van der Waals surface area (Å²) in [6, 6.07) is 8.19. The Labute approximate surface area is 139 Å². The van der Waals surface area contributed by atoms with Gasteiger partial charge in [0.15, 0.2) is 0 Å². The molecule has 0 spiro atoms. The van der Waals surface area contributed by atoms with E-state index in [0.29, 0.717) is 0 Å². The van der Waals surface area contributed by atoms with Crippen molar-refractivity contribution in [2.45, 2.75) is 43.9 Å². The minimum atomic E-state index is 0.822. The number of hydrogen-bond donors (Lipinski definition) is 0. The van der Waals surface area contributed by atoms with E-state index in [1.807, 2.05) is 25.1 Å². The maximum atomic E-state index is 4.72. The lowest BCUT2D eigenvalue weighted by atomic mass is 10.2. The van der Waals surface area contributed by atoms with E-state index < -0.39 is 0 Å². The van der Waals surface area contributed by atoms with Gasteiger partial charge in [-0.25, -0.2) is 15.0 Å². The predicted octanol–water partition coefficient (Wildman–Crippen LogP) is 5.03. The molecule has 5 heteroatoms. The first-order valence-electron chi connectivity index (χ1n) is 7.55. The number of thiazole rings is 1. The van der Waals surface area contributed by atoms with Crippen molar-refractivity contribution in [3.05, 3.63) is 46.2 Å². The van der Waals surface area contributed by atoms with Crippen LogP contribution in [-0.4, -0.2) is 15.0 Å². The highest BCUT2D eigenvalue weighted by Crippen LogP contribution is 2.28. The first kappa shape index (κ1) is 15.4. The third kappa shape index (κ3) is 3.65. The van der Waals surface area contributed by atoms with Crippen molar-refractivity contribution in [2.75, 3.05) is 0 Å². The minimum Gasteiger partial charge on any atom is -0.245 e. The number of benzene rings is 1. The molecule has 0 aliphatic rings. The SMILES string of the molecule is CCCCc1nc(CSc2nc(C)nc3ccccc23)cs1. The van der Waals surface area contributed by atoms with Gasteiger partial charge in [0.1, 0.15) is 10.9 Å². The molecular weight excluding hydrogens is 310 g/mol. The van der Waals surface area contributed by atoms with Crippen LogP contribution in [0.25, 0.3) is 10.9 Å². The maximum Gasteiger partial charge on any atom is 0.127 e. The molecule has 1 aromatic carbocycles. The molecule has 2 aromatic heterocycles. The number of thioether (sulfide) groups is 1. The second kappa shape index (κ2) is 7.20. The molecule has 0 amide bonds. The van der Waals surface area contributed by atoms with Crippen LogP contribution in [0.3, 0.4) is 0 Å². The average molecular weight is 329 g/mol. The van der Waals surface area contributed by atoms with Crippen LogP contribution in [0.4, 0.5) is 0 Å². The third-order valence-electron chi connectivity index (χ3n) is 3.38. The van der Waals surface area contributed by atoms with E-state index in [0.717, 1.165) is 39.6 Å². The van der Waals surface area contributed by atoms with Crippen molar-refractivity contribution >= 4 is 34.0 Å². The van der Waals surface area contributed by atoms with Crippen molar-refractivity contribution < 1.29 is 0 Å². The van der Waals surface area contributed by atoms with Crippen LogP contribution in [0.1, 0.15) is 36.3 Å². The number of rotatable bonds is 6. The van der Waals surface area contributed by atoms with Gasteiger partial charge in [-0.2, -0.15) is 0 Å². The Morgan fingerprint density at radius 3 is 2.86 bits per heavy atom. The van der Waals surface area contributed by atoms with Gasteiger partial charge in [0.05, 0.1) is 16.2 Å². The summed E-state index contributed by atoms with van der Waals surface area (Å²) >= 11 is 3.52. The fraction of sp³-hybridized carbons (Fsp3) is 0.353. The molecule has 2 heterocycles. The molecule has 0 atom stereocenters. The Morgan fingerprint density at radius 1 is 1.14 bits per heavy atom. The van der Waals surface area contributed by atoms with Crippen LogP contribution in [0.15, 0.2) is 34.7 Å². The molecule has 0 bridgehead atoms. The molecule has 0 radical (unpaired) electrons. The zero-order chi connectivity index (χ0) is 15.4. The van der Waals surface area contributed by atoms with Crippen LogP contribution in [0.2, 0.25) is 0 Å². The number of nitrogens with zero attached hydrogens (tertiary/aromatic N) is 3. The lowest BCUT2D eigenvalue weighted by Crippen LogP contribution is -1.93. The summed E-state index contributed by atoms with van der Waals surface area (Å²) in [6.45, 7) is 4.16. The molecule has 22 heavy (non-hydrogen) atoms. The summed E-state index contributed by atoms with van der Waals surface area (Å²) in [5, 5.41) is 5.60. The third-order valence-corrected chi connectivity index (χ3v) is 5.36. The molecule has 0 saturated carbocycles. The van der Waals surface area contributed by atoms with Crippen molar-refractivity contribution in [2.24, 2.45) is 0 Å². The molecule has 0 aliphatic heterocycles. The molecular formula is C17H19N3S2. The number of para-hydroxylation sites is 1. The van der Waals surface area contributed by atoms with Crippen LogP contribution in [0, 0.1) is 6.92 Å². The van der Waals surface area contributed by atoms with Crippen LogP contribution < -0.4 is 0 Å². The van der Waals surface area contributed by atoms with Gasteiger partial charge in [-0.05, 0) is 25.8 Å². The van der Waals surface area contributed by atoms with E-state index in [9.17, 15) is 0 Å². The first-order chi connectivity index (χ1) is 10.8. The zero-order valence-corrected chi connectivity index (χ0v) is 14.5. The number of unbranched alkanes of at least 4 members (excludes halogenated alkanes) is 1. The molecule has 0 aliphatic carbocycles. The second-order valence-electron chi connectivity index (χ2n) is 5.22. The van der Waals surface area contributed by atoms with Crippen LogP contribution in [-0.2, 0) is 12.2 Å². The predicted molar refractivity (Wildman–Crippen MR) is 94.6 cm³/mol. The van der Waals surface area contributed by atoms with E-state index in [1.165, 1.54) is 17.8 Å². The van der Waals surface area contributed by atoms with Gasteiger partial charge < -0.3 is 0 Å². The Balaban J connectivity index is 1.75. The molecule has 0 unspecified atom stereocenters. The van der Waals surface area contributed by atoms with Gasteiger partial charge in [-0.3, -0.25) is 0 Å². The Bertz CT molecular complexity index is 767. The van der Waals surface area contributed by atoms with E-state index in [-0.39, 0.29) is 0 Å². The largest absolute Gasteiger partial charge is 0.245 e. The second-order valence-corrected chi connectivity index (χ2v) is 7.12. The van der Waals surface area contributed by atoms with Gasteiger partial charge in [-0.15, -0.1) is 11.3 Å². The van der Waals surface area contributed by atoms with Gasteiger partial charge in [0.2, 0.25) is 0 Å². The number of aryl methyl sites for hydroxylation is 2. The van der Waals surface area contributed by atoms with E-state index in [1.54, 1.807) is 23.1 Å². The molecule has 114 valence electrons. The highest BCUT2D eigenvalue weighted by Gasteiger charge is 2.08. The Hall–Kier alpha value is -1.46. The number of aromatic nitrogens is 3. The molecule has 3 nitrogen and oxygen atoms in total. The van der Waals surface area contributed by atoms with Crippen LogP contribution in [0.5, 0.6) is 0 Å². The minimum absolute atomic E-state index is 0.822. The van der Waals surface area contributed by atoms with Crippen LogP contribution >= 0.6 is 23.1 Å². The normalized spacial score (nSPS) is 11.2. The fourth-order valence-corrected chi connectivity index (χ4v) is 4.17. The lowest BCUT2D eigenvalue weighted by molar-refractivity contribution is 0.788. The average Bonchev–Trinajstić information content (AvgIpc) is 2.98. The zero-order valence-electron chi connectivity index (χ0n) is 12.9. The van der Waals surface area contributed by atoms with E-state index in [2.05, 4.69) is 28.3 Å². The summed E-state index contributed by atoms with van der Waals surface area (Å²) in [6.07, 6.45) is 3.53. The van der Waals surface area contributed by atoms with Gasteiger partial charge in [0.25, 0.3) is 0 Å². The monoisotopic (exact) mass is 329 g/mol. The molecule has 3 aromatic rings. The van der Waals surface area contributed by atoms with Crippen molar-refractivity contribution in [3.63, 3.8) is 0 Å². The molecule has 3 rings (SSSR count). The summed E-state index contributed by atoms with van der Waals surface area (Å²) in [5.41, 5.74) is 2.17. The topological polar surface area (TPSA) is 38.7 Å². The van der Waals surface area contributed by atoms with Gasteiger partial charge in [0, 0.05) is 16.5 Å². The number of fused-ring (bicyclic) bond motifs is 1. The van der Waals surface area contributed by atoms with Crippen molar-refractivity contribution in [1.82, 2.24) is 15.0 Å². The van der Waals surface area contributed by atoms with Crippen molar-refractivity contribution in [1.29, 1.82) is 0 Å². The summed E-state index contributed by atoms with van der Waals surface area (Å²) < 4.78 is 0. The maximum absolute atomic E-state index is 4.72. The van der Waals surface area contributed by atoms with E-state index in [4.69, 9.17) is 4.98 Å². The molecule has 0 fully saturated rings. The fourth-order valence-electron chi connectivity index (χ4n) is 2.27. The highest BCUT2D eigenvalue weighted by atomic mass is 32.2. The quantitative estimate of drug-likeness (QED) is 0.469. The number of hydrogen-bond acceptors (Lipinski definition) is 5. The smallest absolute Gasteiger partial charge is 0.127 e. The van der Waals surface area contributed by atoms with Gasteiger partial charge in [-0.1, -0.05) is 43.3 Å². The Kier molecular flexibility index (Phi) is 5.05. The summed E-state index contributed by atoms with van der Waals surface area (Å²) in [4.78, 5) is 13.8. The van der Waals surface area contributed by atoms with E-state index >= 15 is 0 Å². The summed E-state index contributed by atoms with van der Waals surface area (Å²) in [7, 11) is 0. The highest BCUT2D eigenvalue weighted by molar-refractivity contribution is 7.98. The molecule has 0 saturated heterocycles. The van der Waals surface area contributed by atoms with Gasteiger partial charge >= 0.3 is 0 Å². The standard InChI is InChI=1S/C17H19N3S2/c1-3-4-9-16-20-13(10-21-16)11-22-17-14-7-5-6-8-15(14)18-12(2)19-17/h5-8,10H,3-4,9,11H2,1-2H3. The summed E-state index contributed by atoms with van der Waals surface area (Å²) in [5.74, 6) is 1.69. The first-order valence-corrected chi connectivity index (χ1v) is 9.42. The lowest BCUT2D eigenvalue weighted by Gasteiger charge is -2.05. The Morgan fingerprint density at radius 2 is 2.00 bits per heavy atom.